The van der Waals surface area contributed by atoms with Crippen LogP contribution in [0.3, 0.4) is 0 Å². The average Bonchev–Trinajstić information content (AvgIpc) is 2.99. The first kappa shape index (κ1) is 18.4. The minimum absolute atomic E-state index is 0.130. The molecule has 4 aromatic rings. The van der Waals surface area contributed by atoms with Crippen molar-refractivity contribution < 1.29 is 9.18 Å². The number of halogens is 1. The lowest BCUT2D eigenvalue weighted by Gasteiger charge is -2.10. The Morgan fingerprint density at radius 1 is 1.10 bits per heavy atom. The van der Waals surface area contributed by atoms with Gasteiger partial charge in [-0.3, -0.25) is 0 Å². The summed E-state index contributed by atoms with van der Waals surface area (Å²) in [5, 5.41) is 10.2. The highest BCUT2D eigenvalue weighted by molar-refractivity contribution is 6.01. The Balaban J connectivity index is 1.54. The molecule has 0 saturated heterocycles. The number of nitrogens with one attached hydrogen (secondary N) is 2. The fourth-order valence-corrected chi connectivity index (χ4v) is 3.20. The summed E-state index contributed by atoms with van der Waals surface area (Å²) in [5.74, 6) is -0.0794. The molecule has 29 heavy (non-hydrogen) atoms. The van der Waals surface area contributed by atoms with Crippen LogP contribution in [0.5, 0.6) is 0 Å². The summed E-state index contributed by atoms with van der Waals surface area (Å²) in [4.78, 5) is 16.5. The van der Waals surface area contributed by atoms with Gasteiger partial charge in [-0.15, -0.1) is 0 Å². The van der Waals surface area contributed by atoms with Crippen molar-refractivity contribution in [1.82, 2.24) is 14.8 Å². The Hall–Kier alpha value is -3.94. The molecule has 0 aliphatic heterocycles. The van der Waals surface area contributed by atoms with E-state index in [4.69, 9.17) is 5.73 Å². The number of amides is 2. The highest BCUT2D eigenvalue weighted by Gasteiger charge is 2.13. The third kappa shape index (κ3) is 3.60. The molecule has 2 amide bonds. The first-order valence-electron chi connectivity index (χ1n) is 8.94. The number of hydrogen-bond donors (Lipinski definition) is 3. The van der Waals surface area contributed by atoms with E-state index in [-0.39, 0.29) is 5.69 Å². The van der Waals surface area contributed by atoms with E-state index in [0.717, 1.165) is 22.1 Å². The van der Waals surface area contributed by atoms with Gasteiger partial charge in [-0.05, 0) is 53.9 Å². The van der Waals surface area contributed by atoms with Crippen LogP contribution in [0.15, 0.2) is 54.7 Å². The van der Waals surface area contributed by atoms with Crippen LogP contribution in [0, 0.1) is 12.7 Å². The first-order chi connectivity index (χ1) is 13.9. The van der Waals surface area contributed by atoms with Crippen LogP contribution in [0.2, 0.25) is 0 Å². The van der Waals surface area contributed by atoms with E-state index in [9.17, 15) is 9.18 Å². The average molecular weight is 390 g/mol. The minimum atomic E-state index is -0.523. The molecule has 0 radical (unpaired) electrons. The number of carbonyl (C=O) groups excluding carboxylic acids is 1. The van der Waals surface area contributed by atoms with E-state index in [1.165, 1.54) is 6.07 Å². The largest absolute Gasteiger partial charge is 0.382 e. The van der Waals surface area contributed by atoms with Gasteiger partial charge in [0.15, 0.2) is 11.5 Å². The van der Waals surface area contributed by atoms with Gasteiger partial charge in [0.1, 0.15) is 5.82 Å². The number of hydrogen-bond acceptors (Lipinski definition) is 4. The van der Waals surface area contributed by atoms with Crippen molar-refractivity contribution in [3.8, 4) is 11.1 Å². The van der Waals surface area contributed by atoms with E-state index in [1.807, 2.05) is 25.1 Å². The number of nitrogens with two attached hydrogens (primary N) is 1. The lowest BCUT2D eigenvalue weighted by Crippen LogP contribution is -2.20. The Kier molecular flexibility index (Phi) is 4.59. The summed E-state index contributed by atoms with van der Waals surface area (Å²) >= 11 is 0. The fourth-order valence-electron chi connectivity index (χ4n) is 3.20. The van der Waals surface area contributed by atoms with Gasteiger partial charge >= 0.3 is 6.03 Å². The molecule has 0 saturated carbocycles. The monoisotopic (exact) mass is 390 g/mol. The number of aromatic nitrogens is 3. The third-order valence-corrected chi connectivity index (χ3v) is 4.58. The van der Waals surface area contributed by atoms with Crippen molar-refractivity contribution in [3.05, 3.63) is 66.1 Å². The molecule has 0 aliphatic rings. The number of aryl methyl sites for hydroxylation is 2. The molecule has 8 heteroatoms. The number of pyridine rings is 1. The zero-order valence-corrected chi connectivity index (χ0v) is 15.9. The quantitative estimate of drug-likeness (QED) is 0.485. The van der Waals surface area contributed by atoms with Gasteiger partial charge in [0.2, 0.25) is 0 Å². The maximum absolute atomic E-state index is 13.8. The number of nitrogen functional groups attached to an aromatic ring is 1. The van der Waals surface area contributed by atoms with Crippen LogP contribution in [-0.2, 0) is 7.05 Å². The summed E-state index contributed by atoms with van der Waals surface area (Å²) in [7, 11) is 1.79. The molecule has 0 bridgehead atoms. The number of fused-ring (bicyclic) bond motifs is 1. The molecule has 2 aromatic carbocycles. The summed E-state index contributed by atoms with van der Waals surface area (Å²) in [5.41, 5.74) is 10.1. The number of carbonyl (C=O) groups is 1. The summed E-state index contributed by atoms with van der Waals surface area (Å²) < 4.78 is 15.4. The van der Waals surface area contributed by atoms with Gasteiger partial charge in [-0.1, -0.05) is 18.2 Å². The maximum atomic E-state index is 13.8. The van der Waals surface area contributed by atoms with Gasteiger partial charge in [-0.2, -0.15) is 5.10 Å². The van der Waals surface area contributed by atoms with E-state index < -0.39 is 11.8 Å². The van der Waals surface area contributed by atoms with E-state index in [2.05, 4.69) is 20.7 Å². The molecule has 0 spiro atoms. The number of nitrogens with zero attached hydrogens (tertiary/aromatic N) is 3. The predicted molar refractivity (Wildman–Crippen MR) is 112 cm³/mol. The zero-order valence-electron chi connectivity index (χ0n) is 15.9. The van der Waals surface area contributed by atoms with Gasteiger partial charge in [0.25, 0.3) is 0 Å². The third-order valence-electron chi connectivity index (χ3n) is 4.58. The molecule has 0 aliphatic carbocycles. The van der Waals surface area contributed by atoms with Crippen molar-refractivity contribution >= 4 is 34.3 Å². The van der Waals surface area contributed by atoms with Crippen LogP contribution < -0.4 is 16.4 Å². The Labute approximate surface area is 166 Å². The smallest absolute Gasteiger partial charge is 0.323 e. The van der Waals surface area contributed by atoms with Gasteiger partial charge in [-0.25, -0.2) is 18.9 Å². The standard InChI is InChI=1S/C21H19FN6O/c1-12-3-8-16(22)17(11-12)26-21(29)25-14-6-4-13(5-7-14)15-9-10-24-20-18(15)19(23)27-28(20)2/h3-11H,1-2H3,(H2,23,27)(H2,25,26,29). The molecule has 7 nitrogen and oxygen atoms in total. The van der Waals surface area contributed by atoms with Crippen molar-refractivity contribution in [2.45, 2.75) is 6.92 Å². The van der Waals surface area contributed by atoms with E-state index >= 15 is 0 Å². The topological polar surface area (TPSA) is 97.9 Å². The first-order valence-corrected chi connectivity index (χ1v) is 8.94. The molecule has 4 N–H and O–H groups in total. The number of benzene rings is 2. The van der Waals surface area contributed by atoms with Gasteiger partial charge in [0.05, 0.1) is 11.1 Å². The fraction of sp³-hybridized carbons (Fsp3) is 0.0952. The van der Waals surface area contributed by atoms with Crippen LogP contribution in [0.1, 0.15) is 5.56 Å². The lowest BCUT2D eigenvalue weighted by molar-refractivity contribution is 0.262. The summed E-state index contributed by atoms with van der Waals surface area (Å²) in [6.45, 7) is 1.83. The second-order valence-electron chi connectivity index (χ2n) is 6.71. The lowest BCUT2D eigenvalue weighted by atomic mass is 10.0. The van der Waals surface area contributed by atoms with E-state index in [0.29, 0.717) is 17.2 Å². The van der Waals surface area contributed by atoms with Crippen LogP contribution in [0.25, 0.3) is 22.2 Å². The molecule has 2 heterocycles. The van der Waals surface area contributed by atoms with Crippen molar-refractivity contribution in [2.24, 2.45) is 7.05 Å². The van der Waals surface area contributed by atoms with Gasteiger partial charge < -0.3 is 16.4 Å². The minimum Gasteiger partial charge on any atom is -0.382 e. The highest BCUT2D eigenvalue weighted by Crippen LogP contribution is 2.31. The van der Waals surface area contributed by atoms with Crippen LogP contribution >= 0.6 is 0 Å². The van der Waals surface area contributed by atoms with Crippen LogP contribution in [-0.4, -0.2) is 20.8 Å². The molecule has 0 atom stereocenters. The van der Waals surface area contributed by atoms with Crippen molar-refractivity contribution in [3.63, 3.8) is 0 Å². The Morgan fingerprint density at radius 3 is 2.62 bits per heavy atom. The molecular formula is C21H19FN6O. The normalized spacial score (nSPS) is 10.9. The zero-order chi connectivity index (χ0) is 20.5. The number of urea groups is 1. The van der Waals surface area contributed by atoms with Crippen molar-refractivity contribution in [1.29, 1.82) is 0 Å². The second-order valence-corrected chi connectivity index (χ2v) is 6.71. The van der Waals surface area contributed by atoms with Gasteiger partial charge in [0, 0.05) is 18.9 Å². The molecule has 146 valence electrons. The molecular weight excluding hydrogens is 371 g/mol. The predicted octanol–water partition coefficient (Wildman–Crippen LogP) is 4.31. The Bertz CT molecular complexity index is 1220. The molecule has 0 unspecified atom stereocenters. The molecule has 0 fully saturated rings. The van der Waals surface area contributed by atoms with Crippen molar-refractivity contribution in [2.75, 3.05) is 16.4 Å². The number of rotatable bonds is 3. The van der Waals surface area contributed by atoms with Crippen LogP contribution in [0.4, 0.5) is 26.4 Å². The number of anilines is 3. The molecule has 4 rings (SSSR count). The summed E-state index contributed by atoms with van der Waals surface area (Å²) in [6.07, 6.45) is 1.70. The summed E-state index contributed by atoms with van der Waals surface area (Å²) in [6, 6.07) is 13.1. The second kappa shape index (κ2) is 7.23. The SMILES string of the molecule is Cc1ccc(F)c(NC(=O)Nc2ccc(-c3ccnc4c3c(N)nn4C)cc2)c1. The Morgan fingerprint density at radius 2 is 1.86 bits per heavy atom. The maximum Gasteiger partial charge on any atom is 0.323 e. The van der Waals surface area contributed by atoms with E-state index in [1.54, 1.807) is 42.2 Å². The molecule has 2 aromatic heterocycles. The highest BCUT2D eigenvalue weighted by atomic mass is 19.1.